The lowest BCUT2D eigenvalue weighted by molar-refractivity contribution is 0.0973. The Morgan fingerprint density at radius 3 is 2.89 bits per heavy atom. The number of carbonyl (C=O) groups is 1. The van der Waals surface area contributed by atoms with Crippen LogP contribution in [0.15, 0.2) is 23.2 Å². The molecule has 3 N–H and O–H groups in total. The highest BCUT2D eigenvalue weighted by atomic mass is 35.5. The fraction of sp³-hybridized carbons (Fsp3) is 0.333. The summed E-state index contributed by atoms with van der Waals surface area (Å²) in [6, 6.07) is 4.78. The number of aliphatic imine (C=N–C) groups is 1. The standard InChI is InChI=1S/C12H16ClN3O2/c1-3-6-15-12(14)16-11(17)9-7-8(13)4-5-10(9)18-2/h4-5,7H,3,6H2,1-2H3,(H3,14,15,16,17). The molecule has 0 bridgehead atoms. The average Bonchev–Trinajstić information content (AvgIpc) is 2.36. The van der Waals surface area contributed by atoms with Gasteiger partial charge in [0.2, 0.25) is 0 Å². The summed E-state index contributed by atoms with van der Waals surface area (Å²) in [6.07, 6.45) is 0.858. The van der Waals surface area contributed by atoms with Crippen molar-refractivity contribution in [1.82, 2.24) is 5.32 Å². The molecule has 0 atom stereocenters. The summed E-state index contributed by atoms with van der Waals surface area (Å²) >= 11 is 5.84. The molecule has 5 nitrogen and oxygen atoms in total. The van der Waals surface area contributed by atoms with Crippen LogP contribution in [0, 0.1) is 0 Å². The lowest BCUT2D eigenvalue weighted by Gasteiger charge is -2.09. The van der Waals surface area contributed by atoms with Gasteiger partial charge < -0.3 is 10.5 Å². The molecule has 0 aliphatic heterocycles. The van der Waals surface area contributed by atoms with Crippen LogP contribution >= 0.6 is 11.6 Å². The number of benzene rings is 1. The van der Waals surface area contributed by atoms with Crippen molar-refractivity contribution < 1.29 is 9.53 Å². The van der Waals surface area contributed by atoms with Crippen LogP contribution < -0.4 is 15.8 Å². The fourth-order valence-corrected chi connectivity index (χ4v) is 1.49. The van der Waals surface area contributed by atoms with Gasteiger partial charge in [-0.15, -0.1) is 0 Å². The third kappa shape index (κ3) is 3.92. The number of ether oxygens (including phenoxy) is 1. The van der Waals surface area contributed by atoms with Gasteiger partial charge in [-0.05, 0) is 24.6 Å². The van der Waals surface area contributed by atoms with Gasteiger partial charge in [0.05, 0.1) is 12.7 Å². The highest BCUT2D eigenvalue weighted by Gasteiger charge is 2.13. The first kappa shape index (κ1) is 14.3. The van der Waals surface area contributed by atoms with E-state index in [4.69, 9.17) is 22.1 Å². The van der Waals surface area contributed by atoms with E-state index in [1.54, 1.807) is 12.1 Å². The van der Waals surface area contributed by atoms with E-state index in [1.165, 1.54) is 13.2 Å². The monoisotopic (exact) mass is 269 g/mol. The first-order valence-corrected chi connectivity index (χ1v) is 5.91. The van der Waals surface area contributed by atoms with Crippen molar-refractivity contribution in [3.63, 3.8) is 0 Å². The highest BCUT2D eigenvalue weighted by Crippen LogP contribution is 2.22. The Kier molecular flexibility index (Phi) is 5.45. The van der Waals surface area contributed by atoms with Crippen LogP contribution in [0.3, 0.4) is 0 Å². The van der Waals surface area contributed by atoms with Gasteiger partial charge in [-0.3, -0.25) is 15.1 Å². The third-order valence-corrected chi connectivity index (χ3v) is 2.39. The number of guanidine groups is 1. The van der Waals surface area contributed by atoms with Crippen LogP contribution in [0.1, 0.15) is 23.7 Å². The van der Waals surface area contributed by atoms with E-state index in [-0.39, 0.29) is 5.96 Å². The molecule has 0 aliphatic carbocycles. The molecule has 0 saturated heterocycles. The van der Waals surface area contributed by atoms with Gasteiger partial charge in [0.1, 0.15) is 5.75 Å². The van der Waals surface area contributed by atoms with Crippen LogP contribution in [-0.2, 0) is 0 Å². The van der Waals surface area contributed by atoms with Crippen LogP contribution in [-0.4, -0.2) is 25.5 Å². The summed E-state index contributed by atoms with van der Waals surface area (Å²) in [5, 5.41) is 2.93. The normalized spacial score (nSPS) is 11.2. The zero-order valence-electron chi connectivity index (χ0n) is 10.4. The van der Waals surface area contributed by atoms with Crippen LogP contribution in [0.5, 0.6) is 5.75 Å². The number of nitrogens with zero attached hydrogens (tertiary/aromatic N) is 1. The second-order valence-electron chi connectivity index (χ2n) is 3.57. The van der Waals surface area contributed by atoms with Crippen molar-refractivity contribution in [1.29, 1.82) is 0 Å². The molecular weight excluding hydrogens is 254 g/mol. The smallest absolute Gasteiger partial charge is 0.261 e. The van der Waals surface area contributed by atoms with E-state index in [9.17, 15) is 4.79 Å². The molecule has 0 aliphatic rings. The van der Waals surface area contributed by atoms with E-state index in [0.717, 1.165) is 6.42 Å². The van der Waals surface area contributed by atoms with Gasteiger partial charge in [-0.25, -0.2) is 0 Å². The molecule has 0 radical (unpaired) electrons. The number of carbonyl (C=O) groups excluding carboxylic acids is 1. The van der Waals surface area contributed by atoms with Crippen molar-refractivity contribution in [3.8, 4) is 5.75 Å². The highest BCUT2D eigenvalue weighted by molar-refractivity contribution is 6.31. The molecule has 0 unspecified atom stereocenters. The van der Waals surface area contributed by atoms with E-state index < -0.39 is 5.91 Å². The Bertz CT molecular complexity index is 461. The SMILES string of the molecule is CCCN=C(N)NC(=O)c1cc(Cl)ccc1OC. The summed E-state index contributed by atoms with van der Waals surface area (Å²) in [4.78, 5) is 15.9. The number of methoxy groups -OCH3 is 1. The van der Waals surface area contributed by atoms with E-state index in [2.05, 4.69) is 10.3 Å². The van der Waals surface area contributed by atoms with Crippen molar-refractivity contribution >= 4 is 23.5 Å². The summed E-state index contributed by atoms with van der Waals surface area (Å²) in [5.41, 5.74) is 5.89. The number of hydrogen-bond acceptors (Lipinski definition) is 3. The molecule has 0 fully saturated rings. The zero-order chi connectivity index (χ0) is 13.5. The van der Waals surface area contributed by atoms with Gasteiger partial charge in [0.15, 0.2) is 5.96 Å². The predicted molar refractivity (Wildman–Crippen MR) is 72.3 cm³/mol. The molecule has 98 valence electrons. The van der Waals surface area contributed by atoms with Gasteiger partial charge >= 0.3 is 0 Å². The van der Waals surface area contributed by atoms with Gasteiger partial charge in [0, 0.05) is 11.6 Å². The molecular formula is C12H16ClN3O2. The maximum Gasteiger partial charge on any atom is 0.261 e. The minimum Gasteiger partial charge on any atom is -0.496 e. The number of nitrogens with one attached hydrogen (secondary N) is 1. The maximum absolute atomic E-state index is 11.9. The lowest BCUT2D eigenvalue weighted by Crippen LogP contribution is -2.37. The van der Waals surface area contributed by atoms with Crippen molar-refractivity contribution in [3.05, 3.63) is 28.8 Å². The molecule has 1 aromatic rings. The van der Waals surface area contributed by atoms with Crippen molar-refractivity contribution in [2.24, 2.45) is 10.7 Å². The van der Waals surface area contributed by atoms with Gasteiger partial charge in [-0.2, -0.15) is 0 Å². The summed E-state index contributed by atoms with van der Waals surface area (Å²) in [6.45, 7) is 2.54. The molecule has 0 spiro atoms. The second-order valence-corrected chi connectivity index (χ2v) is 4.00. The number of hydrogen-bond donors (Lipinski definition) is 2. The van der Waals surface area contributed by atoms with E-state index in [0.29, 0.717) is 22.9 Å². The minimum atomic E-state index is -0.397. The summed E-state index contributed by atoms with van der Waals surface area (Å²) in [5.74, 6) is 0.121. The zero-order valence-corrected chi connectivity index (χ0v) is 11.1. The molecule has 6 heteroatoms. The largest absolute Gasteiger partial charge is 0.496 e. The van der Waals surface area contributed by atoms with Crippen LogP contribution in [0.25, 0.3) is 0 Å². The number of amides is 1. The predicted octanol–water partition coefficient (Wildman–Crippen LogP) is 1.80. The summed E-state index contributed by atoms with van der Waals surface area (Å²) in [7, 11) is 1.48. The first-order chi connectivity index (χ1) is 8.58. The van der Waals surface area contributed by atoms with E-state index in [1.807, 2.05) is 6.92 Å². The van der Waals surface area contributed by atoms with Crippen molar-refractivity contribution in [2.75, 3.05) is 13.7 Å². The molecule has 1 aromatic carbocycles. The fourth-order valence-electron chi connectivity index (χ4n) is 1.31. The van der Waals surface area contributed by atoms with Crippen LogP contribution in [0.4, 0.5) is 0 Å². The van der Waals surface area contributed by atoms with Gasteiger partial charge in [0.25, 0.3) is 5.91 Å². The molecule has 1 amide bonds. The maximum atomic E-state index is 11.9. The Balaban J connectivity index is 2.87. The Labute approximate surface area is 111 Å². The first-order valence-electron chi connectivity index (χ1n) is 5.53. The Morgan fingerprint density at radius 1 is 1.56 bits per heavy atom. The molecule has 18 heavy (non-hydrogen) atoms. The molecule has 0 aromatic heterocycles. The lowest BCUT2D eigenvalue weighted by atomic mass is 10.2. The van der Waals surface area contributed by atoms with Gasteiger partial charge in [-0.1, -0.05) is 18.5 Å². The van der Waals surface area contributed by atoms with Crippen LogP contribution in [0.2, 0.25) is 5.02 Å². The topological polar surface area (TPSA) is 76.7 Å². The quantitative estimate of drug-likeness (QED) is 0.646. The number of rotatable bonds is 4. The Hall–Kier alpha value is -1.75. The Morgan fingerprint density at radius 2 is 2.28 bits per heavy atom. The summed E-state index contributed by atoms with van der Waals surface area (Å²) < 4.78 is 5.08. The molecule has 1 rings (SSSR count). The second kappa shape index (κ2) is 6.86. The molecule has 0 saturated carbocycles. The molecule has 0 heterocycles. The minimum absolute atomic E-state index is 0.0869. The van der Waals surface area contributed by atoms with E-state index >= 15 is 0 Å². The average molecular weight is 270 g/mol. The third-order valence-electron chi connectivity index (χ3n) is 2.15. The number of nitrogens with two attached hydrogens (primary N) is 1. The number of halogens is 1. The van der Waals surface area contributed by atoms with Crippen molar-refractivity contribution in [2.45, 2.75) is 13.3 Å².